The van der Waals surface area contributed by atoms with E-state index in [9.17, 15) is 4.79 Å². The quantitative estimate of drug-likeness (QED) is 0.918. The van der Waals surface area contributed by atoms with Crippen molar-refractivity contribution >= 4 is 5.91 Å². The van der Waals surface area contributed by atoms with Crippen molar-refractivity contribution in [3.05, 3.63) is 59.7 Å². The van der Waals surface area contributed by atoms with Gasteiger partial charge in [-0.1, -0.05) is 36.4 Å². The highest BCUT2D eigenvalue weighted by atomic mass is 16.6. The van der Waals surface area contributed by atoms with E-state index in [2.05, 4.69) is 34.5 Å². The van der Waals surface area contributed by atoms with Crippen LogP contribution in [0.15, 0.2) is 48.5 Å². The van der Waals surface area contributed by atoms with E-state index in [-0.39, 0.29) is 12.0 Å². The molecule has 0 saturated carbocycles. The number of fused-ring (bicyclic) bond motifs is 2. The Bertz CT molecular complexity index is 792. The monoisotopic (exact) mass is 352 g/mol. The molecule has 5 heteroatoms. The normalized spacial score (nSPS) is 21.7. The highest BCUT2D eigenvalue weighted by Gasteiger charge is 2.33. The first kappa shape index (κ1) is 16.9. The molecule has 136 valence electrons. The maximum absolute atomic E-state index is 12.5. The maximum Gasteiger partial charge on any atom is 0.265 e. The number of amides is 1. The standard InChI is InChI=1S/C21H24N2O3/c1-15-20(26-19-9-5-4-8-18(19)25-15)21(24)22-11-13-23-12-10-16-6-2-3-7-17(16)14-23/h2-9,15,20H,10-14H2,1H3,(H,22,24)/t15-,20+/m0/s1. The van der Waals surface area contributed by atoms with Crippen LogP contribution in [0.2, 0.25) is 0 Å². The number of benzene rings is 2. The van der Waals surface area contributed by atoms with Crippen molar-refractivity contribution in [1.29, 1.82) is 0 Å². The van der Waals surface area contributed by atoms with Gasteiger partial charge in [-0.05, 0) is 36.6 Å². The first-order chi connectivity index (χ1) is 12.7. The van der Waals surface area contributed by atoms with Crippen molar-refractivity contribution in [1.82, 2.24) is 10.2 Å². The Balaban J connectivity index is 1.28. The van der Waals surface area contributed by atoms with Gasteiger partial charge < -0.3 is 14.8 Å². The Morgan fingerprint density at radius 1 is 1.08 bits per heavy atom. The van der Waals surface area contributed by atoms with Crippen LogP contribution in [0.25, 0.3) is 0 Å². The molecule has 5 nitrogen and oxygen atoms in total. The lowest BCUT2D eigenvalue weighted by atomic mass is 10.00. The minimum absolute atomic E-state index is 0.121. The van der Waals surface area contributed by atoms with Crippen molar-refractivity contribution in [2.45, 2.75) is 32.1 Å². The molecule has 2 aromatic rings. The predicted molar refractivity (Wildman–Crippen MR) is 99.4 cm³/mol. The molecule has 2 heterocycles. The molecule has 0 spiro atoms. The second-order valence-electron chi connectivity index (χ2n) is 6.89. The number of carbonyl (C=O) groups is 1. The van der Waals surface area contributed by atoms with Gasteiger partial charge in [0.1, 0.15) is 6.10 Å². The van der Waals surface area contributed by atoms with Gasteiger partial charge in [0, 0.05) is 26.2 Å². The highest BCUT2D eigenvalue weighted by molar-refractivity contribution is 5.82. The summed E-state index contributed by atoms with van der Waals surface area (Å²) >= 11 is 0. The van der Waals surface area contributed by atoms with E-state index >= 15 is 0 Å². The highest BCUT2D eigenvalue weighted by Crippen LogP contribution is 2.33. The fourth-order valence-corrected chi connectivity index (χ4v) is 3.59. The van der Waals surface area contributed by atoms with Crippen molar-refractivity contribution in [2.24, 2.45) is 0 Å². The molecule has 0 unspecified atom stereocenters. The Hall–Kier alpha value is -2.53. The van der Waals surface area contributed by atoms with Gasteiger partial charge >= 0.3 is 0 Å². The first-order valence-corrected chi connectivity index (χ1v) is 9.20. The largest absolute Gasteiger partial charge is 0.482 e. The van der Waals surface area contributed by atoms with Crippen LogP contribution >= 0.6 is 0 Å². The third-order valence-corrected chi connectivity index (χ3v) is 5.04. The van der Waals surface area contributed by atoms with E-state index in [1.807, 2.05) is 31.2 Å². The summed E-state index contributed by atoms with van der Waals surface area (Å²) in [6.45, 7) is 5.27. The molecule has 2 aliphatic rings. The summed E-state index contributed by atoms with van der Waals surface area (Å²) < 4.78 is 11.6. The van der Waals surface area contributed by atoms with E-state index in [0.29, 0.717) is 18.0 Å². The van der Waals surface area contributed by atoms with Crippen molar-refractivity contribution < 1.29 is 14.3 Å². The summed E-state index contributed by atoms with van der Waals surface area (Å²) in [7, 11) is 0. The molecule has 0 fully saturated rings. The lowest BCUT2D eigenvalue weighted by Crippen LogP contribution is -2.50. The summed E-state index contributed by atoms with van der Waals surface area (Å²) in [5, 5.41) is 3.00. The maximum atomic E-state index is 12.5. The summed E-state index contributed by atoms with van der Waals surface area (Å²) in [4.78, 5) is 14.9. The Morgan fingerprint density at radius 3 is 2.58 bits per heavy atom. The van der Waals surface area contributed by atoms with Gasteiger partial charge in [-0.15, -0.1) is 0 Å². The fourth-order valence-electron chi connectivity index (χ4n) is 3.59. The van der Waals surface area contributed by atoms with Gasteiger partial charge in [0.05, 0.1) is 0 Å². The summed E-state index contributed by atoms with van der Waals surface area (Å²) in [5.41, 5.74) is 2.83. The first-order valence-electron chi connectivity index (χ1n) is 9.20. The molecular formula is C21H24N2O3. The van der Waals surface area contributed by atoms with Gasteiger partial charge in [0.2, 0.25) is 6.10 Å². The molecule has 1 N–H and O–H groups in total. The minimum Gasteiger partial charge on any atom is -0.482 e. The summed E-state index contributed by atoms with van der Waals surface area (Å²) in [6, 6.07) is 16.0. The number of nitrogens with zero attached hydrogens (tertiary/aromatic N) is 1. The SMILES string of the molecule is C[C@@H]1Oc2ccccc2O[C@H]1C(=O)NCCN1CCc2ccccc2C1. The van der Waals surface area contributed by atoms with E-state index in [4.69, 9.17) is 9.47 Å². The number of para-hydroxylation sites is 2. The van der Waals surface area contributed by atoms with Gasteiger partial charge in [-0.2, -0.15) is 0 Å². The zero-order chi connectivity index (χ0) is 17.9. The second-order valence-corrected chi connectivity index (χ2v) is 6.89. The molecule has 0 aliphatic carbocycles. The number of hydrogen-bond donors (Lipinski definition) is 1. The van der Waals surface area contributed by atoms with E-state index < -0.39 is 6.10 Å². The van der Waals surface area contributed by atoms with Gasteiger partial charge in [0.15, 0.2) is 11.5 Å². The van der Waals surface area contributed by atoms with Gasteiger partial charge in [-0.25, -0.2) is 0 Å². The van der Waals surface area contributed by atoms with Crippen LogP contribution in [0.4, 0.5) is 0 Å². The number of nitrogens with one attached hydrogen (secondary N) is 1. The van der Waals surface area contributed by atoms with Crippen LogP contribution in [0.3, 0.4) is 0 Å². The van der Waals surface area contributed by atoms with Crippen LogP contribution in [-0.2, 0) is 17.8 Å². The van der Waals surface area contributed by atoms with E-state index in [1.165, 1.54) is 11.1 Å². The molecule has 0 aromatic heterocycles. The third kappa shape index (κ3) is 3.53. The smallest absolute Gasteiger partial charge is 0.265 e. The fraction of sp³-hybridized carbons (Fsp3) is 0.381. The topological polar surface area (TPSA) is 50.8 Å². The molecule has 0 bridgehead atoms. The zero-order valence-corrected chi connectivity index (χ0v) is 15.0. The number of carbonyl (C=O) groups excluding carboxylic acids is 1. The van der Waals surface area contributed by atoms with Crippen molar-refractivity contribution in [3.63, 3.8) is 0 Å². The molecule has 2 aromatic carbocycles. The third-order valence-electron chi connectivity index (χ3n) is 5.04. The molecule has 0 radical (unpaired) electrons. The zero-order valence-electron chi connectivity index (χ0n) is 15.0. The molecule has 26 heavy (non-hydrogen) atoms. The molecule has 2 aliphatic heterocycles. The Labute approximate surface area is 153 Å². The van der Waals surface area contributed by atoms with Crippen LogP contribution in [0.5, 0.6) is 11.5 Å². The minimum atomic E-state index is -0.619. The number of ether oxygens (including phenoxy) is 2. The average Bonchev–Trinajstić information content (AvgIpc) is 2.67. The van der Waals surface area contributed by atoms with E-state index in [1.54, 1.807) is 0 Å². The predicted octanol–water partition coefficient (Wildman–Crippen LogP) is 2.39. The van der Waals surface area contributed by atoms with Crippen molar-refractivity contribution in [3.8, 4) is 11.5 Å². The molecule has 2 atom stereocenters. The van der Waals surface area contributed by atoms with Gasteiger partial charge in [0.25, 0.3) is 5.91 Å². The second kappa shape index (κ2) is 7.38. The average molecular weight is 352 g/mol. The van der Waals surface area contributed by atoms with Crippen LogP contribution in [0.1, 0.15) is 18.1 Å². The summed E-state index contributed by atoms with van der Waals surface area (Å²) in [6.07, 6.45) is 0.135. The molecular weight excluding hydrogens is 328 g/mol. The molecule has 4 rings (SSSR count). The van der Waals surface area contributed by atoms with Crippen molar-refractivity contribution in [2.75, 3.05) is 19.6 Å². The number of hydrogen-bond acceptors (Lipinski definition) is 4. The summed E-state index contributed by atoms with van der Waals surface area (Å²) in [5.74, 6) is 1.19. The molecule has 0 saturated heterocycles. The lowest BCUT2D eigenvalue weighted by molar-refractivity contribution is -0.133. The molecule has 1 amide bonds. The Morgan fingerprint density at radius 2 is 1.77 bits per heavy atom. The van der Waals surface area contributed by atoms with Crippen LogP contribution in [-0.4, -0.2) is 42.6 Å². The number of rotatable bonds is 4. The van der Waals surface area contributed by atoms with Crippen LogP contribution < -0.4 is 14.8 Å². The van der Waals surface area contributed by atoms with Crippen LogP contribution in [0, 0.1) is 0 Å². The Kier molecular flexibility index (Phi) is 4.80. The van der Waals surface area contributed by atoms with Gasteiger partial charge in [-0.3, -0.25) is 9.69 Å². The lowest BCUT2D eigenvalue weighted by Gasteiger charge is -2.32. The van der Waals surface area contributed by atoms with E-state index in [0.717, 1.165) is 26.1 Å².